The highest BCUT2D eigenvalue weighted by Crippen LogP contribution is 2.60. The van der Waals surface area contributed by atoms with Crippen LogP contribution in [0.25, 0.3) is 0 Å². The third-order valence-corrected chi connectivity index (χ3v) is 8.05. The van der Waals surface area contributed by atoms with E-state index < -0.39 is 12.0 Å². The van der Waals surface area contributed by atoms with E-state index in [1.54, 1.807) is 35.5 Å². The quantitative estimate of drug-likeness (QED) is 0.300. The Morgan fingerprint density at radius 2 is 1.10 bits per heavy atom. The SMILES string of the molecule is COc1ccc([C@H]2c3c(OC)cc(OC)cc3[C@@H]3c4c(cc(OC)cc4[C@@H]2O)O[C@H]3c2ccc(OC)cc2)cc1. The first kappa shape index (κ1) is 25.9. The first-order valence-corrected chi connectivity index (χ1v) is 13.1. The van der Waals surface area contributed by atoms with Crippen LogP contribution in [-0.2, 0) is 0 Å². The molecule has 7 nitrogen and oxygen atoms in total. The maximum absolute atomic E-state index is 12.2. The van der Waals surface area contributed by atoms with Crippen molar-refractivity contribution in [3.63, 3.8) is 0 Å². The minimum Gasteiger partial charge on any atom is -0.497 e. The Morgan fingerprint density at radius 3 is 1.68 bits per heavy atom. The standard InChI is InChI=1S/C33H32O7/c1-35-20-10-6-18(7-11-20)28-29-24(14-22(37-3)16-26(29)39-5)31-30-25(32(28)34)15-23(38-4)17-27(30)40-33(31)19-8-12-21(36-2)13-9-19/h6-17,28,31-34H,1-5H3/t28-,31+,32-,33-/m0/s1. The van der Waals surface area contributed by atoms with E-state index in [1.807, 2.05) is 72.8 Å². The summed E-state index contributed by atoms with van der Waals surface area (Å²) in [7, 11) is 8.19. The van der Waals surface area contributed by atoms with Gasteiger partial charge in [0.15, 0.2) is 0 Å². The highest BCUT2D eigenvalue weighted by atomic mass is 16.5. The Balaban J connectivity index is 1.66. The van der Waals surface area contributed by atoms with Crippen molar-refractivity contribution in [2.75, 3.05) is 35.5 Å². The van der Waals surface area contributed by atoms with Crippen molar-refractivity contribution in [2.24, 2.45) is 0 Å². The number of aliphatic hydroxyl groups excluding tert-OH is 1. The molecular weight excluding hydrogens is 508 g/mol. The van der Waals surface area contributed by atoms with Gasteiger partial charge < -0.3 is 33.5 Å². The van der Waals surface area contributed by atoms with Gasteiger partial charge in [-0.3, -0.25) is 0 Å². The molecule has 1 N–H and O–H groups in total. The molecule has 4 aromatic carbocycles. The minimum absolute atomic E-state index is 0.249. The van der Waals surface area contributed by atoms with Crippen LogP contribution in [0.15, 0.2) is 72.8 Å². The molecule has 7 heteroatoms. The van der Waals surface area contributed by atoms with Crippen molar-refractivity contribution in [1.82, 2.24) is 0 Å². The van der Waals surface area contributed by atoms with Gasteiger partial charge in [0.2, 0.25) is 0 Å². The van der Waals surface area contributed by atoms with Crippen LogP contribution in [0.4, 0.5) is 0 Å². The zero-order valence-corrected chi connectivity index (χ0v) is 23.1. The molecule has 40 heavy (non-hydrogen) atoms. The van der Waals surface area contributed by atoms with Crippen LogP contribution < -0.4 is 28.4 Å². The molecule has 0 radical (unpaired) electrons. The lowest BCUT2D eigenvalue weighted by Crippen LogP contribution is -2.16. The van der Waals surface area contributed by atoms with E-state index in [4.69, 9.17) is 28.4 Å². The third-order valence-electron chi connectivity index (χ3n) is 8.05. The van der Waals surface area contributed by atoms with Gasteiger partial charge in [-0.15, -0.1) is 0 Å². The van der Waals surface area contributed by atoms with Gasteiger partial charge in [-0.25, -0.2) is 0 Å². The lowest BCUT2D eigenvalue weighted by Gasteiger charge is -2.28. The maximum atomic E-state index is 12.2. The molecule has 1 aliphatic carbocycles. The van der Waals surface area contributed by atoms with Gasteiger partial charge in [0.25, 0.3) is 0 Å². The number of fused-ring (bicyclic) bond motifs is 2. The molecule has 0 bridgehead atoms. The maximum Gasteiger partial charge on any atom is 0.135 e. The third kappa shape index (κ3) is 4.09. The second kappa shape index (κ2) is 10.3. The predicted octanol–water partition coefficient (Wildman–Crippen LogP) is 6.17. The highest BCUT2D eigenvalue weighted by Gasteiger charge is 2.47. The molecule has 0 saturated carbocycles. The Morgan fingerprint density at radius 1 is 0.550 bits per heavy atom. The normalized spacial score (nSPS) is 20.4. The summed E-state index contributed by atoms with van der Waals surface area (Å²) in [5, 5.41) is 12.2. The lowest BCUT2D eigenvalue weighted by molar-refractivity contribution is 0.157. The minimum atomic E-state index is -0.915. The van der Waals surface area contributed by atoms with Crippen LogP contribution in [0.1, 0.15) is 57.4 Å². The van der Waals surface area contributed by atoms with Crippen molar-refractivity contribution in [3.8, 4) is 34.5 Å². The highest BCUT2D eigenvalue weighted by molar-refractivity contribution is 5.65. The Kier molecular flexibility index (Phi) is 6.68. The fourth-order valence-electron chi connectivity index (χ4n) is 6.14. The molecule has 206 valence electrons. The molecule has 1 aliphatic heterocycles. The van der Waals surface area contributed by atoms with Crippen LogP contribution in [0.2, 0.25) is 0 Å². The van der Waals surface area contributed by atoms with E-state index in [0.29, 0.717) is 23.0 Å². The van der Waals surface area contributed by atoms with Gasteiger partial charge in [0, 0.05) is 29.2 Å². The fraction of sp³-hybridized carbons (Fsp3) is 0.273. The molecule has 4 aromatic rings. The molecule has 0 spiro atoms. The average molecular weight is 541 g/mol. The summed E-state index contributed by atoms with van der Waals surface area (Å²) in [6.45, 7) is 0. The van der Waals surface area contributed by atoms with E-state index in [0.717, 1.165) is 44.9 Å². The summed E-state index contributed by atoms with van der Waals surface area (Å²) in [5.74, 6) is 3.41. The molecular formula is C33H32O7. The Hall–Kier alpha value is -4.36. The summed E-state index contributed by atoms with van der Waals surface area (Å²) in [6, 6.07) is 23.4. The largest absolute Gasteiger partial charge is 0.497 e. The van der Waals surface area contributed by atoms with Crippen molar-refractivity contribution in [1.29, 1.82) is 0 Å². The first-order valence-electron chi connectivity index (χ1n) is 13.1. The smallest absolute Gasteiger partial charge is 0.135 e. The molecule has 0 amide bonds. The number of ether oxygens (including phenoxy) is 6. The van der Waals surface area contributed by atoms with Crippen LogP contribution >= 0.6 is 0 Å². The van der Waals surface area contributed by atoms with Crippen LogP contribution in [0.3, 0.4) is 0 Å². The van der Waals surface area contributed by atoms with E-state index in [2.05, 4.69) is 0 Å². The van der Waals surface area contributed by atoms with Crippen molar-refractivity contribution < 1.29 is 33.5 Å². The van der Waals surface area contributed by atoms with Gasteiger partial charge in [-0.05, 0) is 58.7 Å². The number of rotatable bonds is 7. The topological polar surface area (TPSA) is 75.6 Å². The van der Waals surface area contributed by atoms with Crippen molar-refractivity contribution in [2.45, 2.75) is 24.0 Å². The predicted molar refractivity (Wildman–Crippen MR) is 151 cm³/mol. The molecule has 0 aromatic heterocycles. The van der Waals surface area contributed by atoms with Gasteiger partial charge in [0.1, 0.15) is 40.6 Å². The molecule has 2 aliphatic rings. The molecule has 6 rings (SSSR count). The Labute approximate surface area is 233 Å². The Bertz CT molecular complexity index is 1530. The number of benzene rings is 4. The van der Waals surface area contributed by atoms with E-state index >= 15 is 0 Å². The zero-order chi connectivity index (χ0) is 28.0. The number of hydrogen-bond acceptors (Lipinski definition) is 7. The van der Waals surface area contributed by atoms with Crippen molar-refractivity contribution in [3.05, 3.63) is 106 Å². The first-order chi connectivity index (χ1) is 19.5. The van der Waals surface area contributed by atoms with Crippen LogP contribution in [0.5, 0.6) is 34.5 Å². The number of aliphatic hydroxyl groups is 1. The molecule has 4 atom stereocenters. The van der Waals surface area contributed by atoms with E-state index in [1.165, 1.54) is 0 Å². The van der Waals surface area contributed by atoms with Crippen LogP contribution in [0, 0.1) is 0 Å². The molecule has 0 fully saturated rings. The summed E-state index contributed by atoms with van der Waals surface area (Å²) < 4.78 is 34.9. The van der Waals surface area contributed by atoms with Crippen molar-refractivity contribution >= 4 is 0 Å². The van der Waals surface area contributed by atoms with Gasteiger partial charge in [0.05, 0.1) is 47.6 Å². The number of hydrogen-bond donors (Lipinski definition) is 1. The monoisotopic (exact) mass is 540 g/mol. The van der Waals surface area contributed by atoms with E-state index in [-0.39, 0.29) is 12.0 Å². The second-order valence-electron chi connectivity index (χ2n) is 9.95. The zero-order valence-electron chi connectivity index (χ0n) is 23.1. The van der Waals surface area contributed by atoms with Crippen LogP contribution in [-0.4, -0.2) is 40.7 Å². The summed E-state index contributed by atoms with van der Waals surface area (Å²) in [6.07, 6.45) is -1.29. The number of methoxy groups -OCH3 is 5. The molecule has 1 heterocycles. The van der Waals surface area contributed by atoms with Gasteiger partial charge in [-0.2, -0.15) is 0 Å². The lowest BCUT2D eigenvalue weighted by atomic mass is 9.80. The fourth-order valence-corrected chi connectivity index (χ4v) is 6.14. The summed E-state index contributed by atoms with van der Waals surface area (Å²) in [5.41, 5.74) is 5.46. The van der Waals surface area contributed by atoms with E-state index in [9.17, 15) is 5.11 Å². The summed E-state index contributed by atoms with van der Waals surface area (Å²) in [4.78, 5) is 0. The second-order valence-corrected chi connectivity index (χ2v) is 9.95. The molecule has 0 saturated heterocycles. The van der Waals surface area contributed by atoms with Gasteiger partial charge >= 0.3 is 0 Å². The summed E-state index contributed by atoms with van der Waals surface area (Å²) >= 11 is 0. The average Bonchev–Trinajstić information content (AvgIpc) is 3.35. The molecule has 0 unspecified atom stereocenters. The van der Waals surface area contributed by atoms with Gasteiger partial charge in [-0.1, -0.05) is 24.3 Å².